The summed E-state index contributed by atoms with van der Waals surface area (Å²) in [4.78, 5) is 14.7. The molecule has 2 atom stereocenters. The molecule has 1 aromatic rings. The van der Waals surface area contributed by atoms with E-state index in [1.807, 2.05) is 24.3 Å². The molecule has 1 saturated heterocycles. The number of hydrogen-bond acceptors (Lipinski definition) is 3. The molecule has 4 heteroatoms. The molecule has 2 unspecified atom stereocenters. The van der Waals surface area contributed by atoms with Crippen LogP contribution >= 0.6 is 15.9 Å². The van der Waals surface area contributed by atoms with Gasteiger partial charge in [-0.1, -0.05) is 28.1 Å². The van der Waals surface area contributed by atoms with Gasteiger partial charge in [-0.25, -0.2) is 0 Å². The predicted molar refractivity (Wildman–Crippen MR) is 82.0 cm³/mol. The van der Waals surface area contributed by atoms with Gasteiger partial charge in [-0.2, -0.15) is 0 Å². The Morgan fingerprint density at radius 2 is 2.30 bits per heavy atom. The van der Waals surface area contributed by atoms with Crippen molar-refractivity contribution in [1.29, 1.82) is 0 Å². The van der Waals surface area contributed by atoms with Crippen LogP contribution in [0.2, 0.25) is 0 Å². The minimum Gasteiger partial charge on any atom is -0.375 e. The Labute approximate surface area is 128 Å². The fourth-order valence-electron chi connectivity index (χ4n) is 3.33. The molecule has 1 aromatic carbocycles. The summed E-state index contributed by atoms with van der Waals surface area (Å²) in [6, 6.07) is 8.20. The number of nitrogens with zero attached hydrogens (tertiary/aromatic N) is 1. The van der Waals surface area contributed by atoms with Crippen LogP contribution in [0.25, 0.3) is 0 Å². The lowest BCUT2D eigenvalue weighted by Gasteiger charge is -2.37. The second-order valence-electron chi connectivity index (χ2n) is 5.63. The maximum atomic E-state index is 12.3. The number of halogens is 1. The third kappa shape index (κ3) is 3.13. The van der Waals surface area contributed by atoms with Crippen molar-refractivity contribution >= 4 is 21.7 Å². The molecule has 108 valence electrons. The fourth-order valence-corrected chi connectivity index (χ4v) is 3.73. The molecular weight excluding hydrogens is 318 g/mol. The Bertz CT molecular complexity index is 491. The van der Waals surface area contributed by atoms with Crippen molar-refractivity contribution in [3.63, 3.8) is 0 Å². The molecule has 3 rings (SSSR count). The highest BCUT2D eigenvalue weighted by atomic mass is 79.9. The SMILES string of the molecule is O=C(CCN1CCOC2CCCC21)c1cccc(Br)c1. The van der Waals surface area contributed by atoms with Crippen LogP contribution in [0.4, 0.5) is 0 Å². The first-order valence-electron chi connectivity index (χ1n) is 7.38. The standard InChI is InChI=1S/C16H20BrNO2/c17-13-4-1-3-12(11-13)15(19)7-8-18-9-10-20-16-6-2-5-14(16)18/h1,3-4,11,14,16H,2,5-10H2. The molecule has 20 heavy (non-hydrogen) atoms. The van der Waals surface area contributed by atoms with E-state index >= 15 is 0 Å². The van der Waals surface area contributed by atoms with E-state index in [-0.39, 0.29) is 5.78 Å². The average Bonchev–Trinajstić information content (AvgIpc) is 2.93. The predicted octanol–water partition coefficient (Wildman–Crippen LogP) is 3.28. The van der Waals surface area contributed by atoms with Gasteiger partial charge in [0.2, 0.25) is 0 Å². The number of benzene rings is 1. The van der Waals surface area contributed by atoms with Crippen LogP contribution in [0, 0.1) is 0 Å². The van der Waals surface area contributed by atoms with E-state index in [1.165, 1.54) is 19.3 Å². The molecular formula is C16H20BrNO2. The summed E-state index contributed by atoms with van der Waals surface area (Å²) in [5, 5.41) is 0. The average molecular weight is 338 g/mol. The van der Waals surface area contributed by atoms with E-state index in [2.05, 4.69) is 20.8 Å². The summed E-state index contributed by atoms with van der Waals surface area (Å²) in [6.07, 6.45) is 4.66. The number of ether oxygens (including phenoxy) is 1. The van der Waals surface area contributed by atoms with Crippen LogP contribution in [-0.4, -0.2) is 42.5 Å². The molecule has 1 saturated carbocycles. The number of carbonyl (C=O) groups is 1. The number of carbonyl (C=O) groups excluding carboxylic acids is 1. The molecule has 0 aromatic heterocycles. The molecule has 3 nitrogen and oxygen atoms in total. The molecule has 2 aliphatic rings. The van der Waals surface area contributed by atoms with Gasteiger partial charge in [-0.05, 0) is 31.4 Å². The molecule has 0 amide bonds. The van der Waals surface area contributed by atoms with Crippen molar-refractivity contribution in [3.8, 4) is 0 Å². The largest absolute Gasteiger partial charge is 0.375 e. The van der Waals surface area contributed by atoms with Crippen molar-refractivity contribution in [1.82, 2.24) is 4.90 Å². The Kier molecular flexibility index (Phi) is 4.54. The second kappa shape index (κ2) is 6.37. The van der Waals surface area contributed by atoms with Crippen molar-refractivity contribution < 1.29 is 9.53 Å². The number of rotatable bonds is 4. The van der Waals surface area contributed by atoms with Crippen LogP contribution in [0.3, 0.4) is 0 Å². The summed E-state index contributed by atoms with van der Waals surface area (Å²) in [5.41, 5.74) is 0.801. The van der Waals surface area contributed by atoms with Crippen LogP contribution in [-0.2, 0) is 4.74 Å². The van der Waals surface area contributed by atoms with Crippen LogP contribution in [0.1, 0.15) is 36.0 Å². The number of hydrogen-bond donors (Lipinski definition) is 0. The first-order chi connectivity index (χ1) is 9.74. The van der Waals surface area contributed by atoms with E-state index in [0.29, 0.717) is 18.6 Å². The molecule has 1 aliphatic carbocycles. The highest BCUT2D eigenvalue weighted by Crippen LogP contribution is 2.29. The normalized spacial score (nSPS) is 26.4. The Morgan fingerprint density at radius 1 is 1.40 bits per heavy atom. The Hall–Kier alpha value is -0.710. The third-order valence-electron chi connectivity index (χ3n) is 4.37. The summed E-state index contributed by atoms with van der Waals surface area (Å²) < 4.78 is 6.77. The van der Waals surface area contributed by atoms with E-state index in [0.717, 1.165) is 29.7 Å². The molecule has 0 radical (unpaired) electrons. The molecule has 0 spiro atoms. The van der Waals surface area contributed by atoms with Gasteiger partial charge in [-0.15, -0.1) is 0 Å². The molecule has 0 bridgehead atoms. The lowest BCUT2D eigenvalue weighted by atomic mass is 10.1. The number of morpholine rings is 1. The summed E-state index contributed by atoms with van der Waals surface area (Å²) in [5.74, 6) is 0.229. The number of fused-ring (bicyclic) bond motifs is 1. The van der Waals surface area contributed by atoms with E-state index in [1.54, 1.807) is 0 Å². The van der Waals surface area contributed by atoms with Crippen LogP contribution in [0.15, 0.2) is 28.7 Å². The van der Waals surface area contributed by atoms with Gasteiger partial charge in [-0.3, -0.25) is 9.69 Å². The van der Waals surface area contributed by atoms with Gasteiger partial charge in [0.25, 0.3) is 0 Å². The summed E-state index contributed by atoms with van der Waals surface area (Å²) in [7, 11) is 0. The van der Waals surface area contributed by atoms with Crippen molar-refractivity contribution in [2.45, 2.75) is 37.8 Å². The van der Waals surface area contributed by atoms with Crippen LogP contribution in [0.5, 0.6) is 0 Å². The van der Waals surface area contributed by atoms with E-state index < -0.39 is 0 Å². The number of Topliss-reactive ketones (excluding diaryl/α,β-unsaturated/α-hetero) is 1. The number of ketones is 1. The topological polar surface area (TPSA) is 29.5 Å². The zero-order valence-electron chi connectivity index (χ0n) is 11.6. The molecule has 1 aliphatic heterocycles. The third-order valence-corrected chi connectivity index (χ3v) is 4.86. The van der Waals surface area contributed by atoms with Gasteiger partial charge >= 0.3 is 0 Å². The van der Waals surface area contributed by atoms with Gasteiger partial charge < -0.3 is 4.74 Å². The lowest BCUT2D eigenvalue weighted by molar-refractivity contribution is -0.0550. The van der Waals surface area contributed by atoms with Gasteiger partial charge in [0.15, 0.2) is 5.78 Å². The van der Waals surface area contributed by atoms with Crippen LogP contribution < -0.4 is 0 Å². The van der Waals surface area contributed by atoms with Crippen molar-refractivity contribution in [2.24, 2.45) is 0 Å². The Morgan fingerprint density at radius 3 is 3.15 bits per heavy atom. The van der Waals surface area contributed by atoms with Crippen molar-refractivity contribution in [3.05, 3.63) is 34.3 Å². The highest BCUT2D eigenvalue weighted by Gasteiger charge is 2.35. The summed E-state index contributed by atoms with van der Waals surface area (Å²) >= 11 is 3.42. The first kappa shape index (κ1) is 14.2. The van der Waals surface area contributed by atoms with Gasteiger partial charge in [0, 0.05) is 35.6 Å². The quantitative estimate of drug-likeness (QED) is 0.789. The highest BCUT2D eigenvalue weighted by molar-refractivity contribution is 9.10. The second-order valence-corrected chi connectivity index (χ2v) is 6.54. The zero-order valence-corrected chi connectivity index (χ0v) is 13.1. The maximum absolute atomic E-state index is 12.3. The van der Waals surface area contributed by atoms with E-state index in [9.17, 15) is 4.79 Å². The zero-order chi connectivity index (χ0) is 13.9. The lowest BCUT2D eigenvalue weighted by Crippen LogP contribution is -2.49. The van der Waals surface area contributed by atoms with Gasteiger partial charge in [0.05, 0.1) is 12.7 Å². The smallest absolute Gasteiger partial charge is 0.164 e. The first-order valence-corrected chi connectivity index (χ1v) is 8.18. The maximum Gasteiger partial charge on any atom is 0.164 e. The molecule has 0 N–H and O–H groups in total. The molecule has 2 fully saturated rings. The van der Waals surface area contributed by atoms with Gasteiger partial charge in [0.1, 0.15) is 0 Å². The summed E-state index contributed by atoms with van der Waals surface area (Å²) in [6.45, 7) is 2.63. The minimum atomic E-state index is 0.229. The Balaban J connectivity index is 1.57. The fraction of sp³-hybridized carbons (Fsp3) is 0.562. The minimum absolute atomic E-state index is 0.229. The van der Waals surface area contributed by atoms with E-state index in [4.69, 9.17) is 4.74 Å². The van der Waals surface area contributed by atoms with Crippen molar-refractivity contribution in [2.75, 3.05) is 19.7 Å². The monoisotopic (exact) mass is 337 g/mol. The molecule has 1 heterocycles.